The second-order valence-electron chi connectivity index (χ2n) is 12.7. The van der Waals surface area contributed by atoms with Gasteiger partial charge in [0.25, 0.3) is 0 Å². The smallest absolute Gasteiger partial charge is 0.231 e. The zero-order valence-electron chi connectivity index (χ0n) is 22.2. The van der Waals surface area contributed by atoms with Crippen LogP contribution in [0.3, 0.4) is 0 Å². The summed E-state index contributed by atoms with van der Waals surface area (Å²) in [7, 11) is 6.41. The van der Waals surface area contributed by atoms with Crippen LogP contribution in [0.25, 0.3) is 0 Å². The Balaban J connectivity index is 1.87. The fraction of sp³-hybridized carbons (Fsp3) is 0.875. The van der Waals surface area contributed by atoms with Crippen LogP contribution in [-0.4, -0.2) is 75.2 Å². The first-order chi connectivity index (χ1) is 14.4. The molecular weight excluding hydrogens is 400 g/mol. The van der Waals surface area contributed by atoms with E-state index in [9.17, 15) is 0 Å². The zero-order chi connectivity index (χ0) is 24.3. The van der Waals surface area contributed by atoms with E-state index >= 15 is 0 Å². The molecule has 182 valence electrons. The van der Waals surface area contributed by atoms with Crippen LogP contribution in [0.5, 0.6) is 0 Å². The van der Waals surface area contributed by atoms with Gasteiger partial charge in [-0.3, -0.25) is 4.90 Å². The molecule has 0 atom stereocenters. The minimum absolute atomic E-state index is 0.0458. The fourth-order valence-electron chi connectivity index (χ4n) is 6.15. The minimum atomic E-state index is 0.0458. The number of likely N-dealkylation sites (tertiary alicyclic amines) is 1. The van der Waals surface area contributed by atoms with Gasteiger partial charge in [0.15, 0.2) is 0 Å². The number of rotatable bonds is 4. The van der Waals surface area contributed by atoms with Gasteiger partial charge in [0.05, 0.1) is 0 Å². The van der Waals surface area contributed by atoms with E-state index in [2.05, 4.69) is 107 Å². The maximum atomic E-state index is 6.19. The Bertz CT molecular complexity index is 797. The van der Waals surface area contributed by atoms with E-state index in [-0.39, 0.29) is 28.1 Å². The van der Waals surface area contributed by atoms with Gasteiger partial charge in [-0.2, -0.15) is 15.0 Å². The number of aromatic nitrogens is 3. The molecule has 0 unspecified atom stereocenters. The third-order valence-corrected chi connectivity index (χ3v) is 7.81. The Morgan fingerprint density at radius 2 is 1.12 bits per heavy atom. The average Bonchev–Trinajstić information content (AvgIpc) is 2.61. The molecule has 0 bridgehead atoms. The summed E-state index contributed by atoms with van der Waals surface area (Å²) in [6.45, 7) is 18.3. The van der Waals surface area contributed by atoms with Crippen LogP contribution in [0.4, 0.5) is 17.8 Å². The number of piperidine rings is 2. The van der Waals surface area contributed by atoms with Crippen molar-refractivity contribution in [3.8, 4) is 0 Å². The van der Waals surface area contributed by atoms with E-state index in [0.29, 0.717) is 24.0 Å². The summed E-state index contributed by atoms with van der Waals surface area (Å²) in [5, 5.41) is 3.75. The molecule has 3 rings (SSSR count). The Morgan fingerprint density at radius 1 is 0.750 bits per heavy atom. The lowest BCUT2D eigenvalue weighted by Gasteiger charge is -2.55. The third-order valence-electron chi connectivity index (χ3n) is 7.81. The molecular formula is C24H46N8. The molecule has 32 heavy (non-hydrogen) atoms. The second kappa shape index (κ2) is 7.97. The van der Waals surface area contributed by atoms with Crippen LogP contribution in [0, 0.1) is 0 Å². The van der Waals surface area contributed by atoms with E-state index in [1.807, 2.05) is 0 Å². The fourth-order valence-corrected chi connectivity index (χ4v) is 6.15. The molecule has 0 saturated carbocycles. The summed E-state index contributed by atoms with van der Waals surface area (Å²) in [5.41, 5.74) is 6.46. The van der Waals surface area contributed by atoms with Crippen molar-refractivity contribution in [2.75, 3.05) is 36.7 Å². The Kier molecular flexibility index (Phi) is 6.22. The summed E-state index contributed by atoms with van der Waals surface area (Å²) in [4.78, 5) is 20.9. The molecule has 1 aromatic heterocycles. The molecule has 2 saturated heterocycles. The van der Waals surface area contributed by atoms with Crippen molar-refractivity contribution in [2.24, 2.45) is 0 Å². The highest BCUT2D eigenvalue weighted by molar-refractivity contribution is 5.44. The van der Waals surface area contributed by atoms with Gasteiger partial charge in [0, 0.05) is 48.3 Å². The van der Waals surface area contributed by atoms with Crippen molar-refractivity contribution in [2.45, 2.75) is 115 Å². The number of nitrogens with one attached hydrogen (secondary N) is 1. The molecule has 2 aliphatic rings. The molecule has 8 nitrogen and oxygen atoms in total. The zero-order valence-corrected chi connectivity index (χ0v) is 22.2. The molecule has 8 heteroatoms. The normalized spacial score (nSPS) is 25.5. The van der Waals surface area contributed by atoms with Gasteiger partial charge < -0.3 is 20.9 Å². The highest BCUT2D eigenvalue weighted by atomic mass is 15.4. The van der Waals surface area contributed by atoms with Crippen LogP contribution < -0.4 is 20.9 Å². The van der Waals surface area contributed by atoms with E-state index in [1.54, 1.807) is 0 Å². The summed E-state index contributed by atoms with van der Waals surface area (Å²) < 4.78 is 0. The van der Waals surface area contributed by atoms with Gasteiger partial charge in [0.1, 0.15) is 0 Å². The number of hydrogen-bond donors (Lipinski definition) is 2. The molecule has 2 fully saturated rings. The van der Waals surface area contributed by atoms with Gasteiger partial charge in [-0.25, -0.2) is 0 Å². The van der Waals surface area contributed by atoms with Crippen molar-refractivity contribution >= 4 is 17.8 Å². The lowest BCUT2D eigenvalue weighted by molar-refractivity contribution is -0.0121. The van der Waals surface area contributed by atoms with E-state index in [1.165, 1.54) is 0 Å². The van der Waals surface area contributed by atoms with Gasteiger partial charge in [-0.1, -0.05) is 0 Å². The predicted molar refractivity (Wildman–Crippen MR) is 134 cm³/mol. The third kappa shape index (κ3) is 5.11. The first-order valence-corrected chi connectivity index (χ1v) is 11.9. The first kappa shape index (κ1) is 25.0. The largest absolute Gasteiger partial charge is 0.368 e. The Hall–Kier alpha value is -1.67. The molecule has 0 spiro atoms. The Labute approximate surface area is 195 Å². The molecule has 3 N–H and O–H groups in total. The van der Waals surface area contributed by atoms with Crippen LogP contribution in [0.15, 0.2) is 0 Å². The van der Waals surface area contributed by atoms with Crippen molar-refractivity contribution in [3.05, 3.63) is 0 Å². The van der Waals surface area contributed by atoms with Crippen molar-refractivity contribution < 1.29 is 0 Å². The van der Waals surface area contributed by atoms with Crippen LogP contribution in [0.1, 0.15) is 81.1 Å². The average molecular weight is 447 g/mol. The van der Waals surface area contributed by atoms with Crippen molar-refractivity contribution in [1.82, 2.24) is 25.2 Å². The molecule has 2 aliphatic heterocycles. The maximum absolute atomic E-state index is 6.19. The molecule has 0 radical (unpaired) electrons. The molecule has 1 aromatic rings. The monoisotopic (exact) mass is 446 g/mol. The van der Waals surface area contributed by atoms with E-state index in [0.717, 1.165) is 25.7 Å². The number of anilines is 3. The number of hydrogen-bond acceptors (Lipinski definition) is 8. The summed E-state index contributed by atoms with van der Waals surface area (Å²) in [6.07, 6.45) is 4.11. The highest BCUT2D eigenvalue weighted by Gasteiger charge is 2.45. The van der Waals surface area contributed by atoms with Gasteiger partial charge in [-0.15, -0.1) is 0 Å². The number of nitrogens with two attached hydrogens (primary N) is 1. The number of nitrogens with zero attached hydrogens (tertiary/aromatic N) is 6. The SMILES string of the molecule is CN(c1nc(N)nc(N(C)C2CC(C)(C)N(C)C(C)(C)C2)n1)C1CC(C)(C)NC(C)(C)C1. The topological polar surface area (TPSA) is 86.4 Å². The highest BCUT2D eigenvalue weighted by Crippen LogP contribution is 2.39. The van der Waals surface area contributed by atoms with Crippen LogP contribution >= 0.6 is 0 Å². The van der Waals surface area contributed by atoms with E-state index < -0.39 is 0 Å². The molecule has 0 aliphatic carbocycles. The lowest BCUT2D eigenvalue weighted by atomic mass is 9.77. The van der Waals surface area contributed by atoms with Gasteiger partial charge in [0.2, 0.25) is 17.8 Å². The number of nitrogen functional groups attached to an aromatic ring is 1. The Morgan fingerprint density at radius 3 is 1.53 bits per heavy atom. The van der Waals surface area contributed by atoms with Gasteiger partial charge >= 0.3 is 0 Å². The maximum Gasteiger partial charge on any atom is 0.231 e. The van der Waals surface area contributed by atoms with Crippen LogP contribution in [0.2, 0.25) is 0 Å². The molecule has 0 aromatic carbocycles. The van der Waals surface area contributed by atoms with E-state index in [4.69, 9.17) is 10.7 Å². The lowest BCUT2D eigenvalue weighted by Crippen LogP contribution is -2.62. The summed E-state index contributed by atoms with van der Waals surface area (Å²) >= 11 is 0. The quantitative estimate of drug-likeness (QED) is 0.729. The van der Waals surface area contributed by atoms with Gasteiger partial charge in [-0.05, 0) is 88.1 Å². The summed E-state index contributed by atoms with van der Waals surface area (Å²) in [6, 6.07) is 0.648. The van der Waals surface area contributed by atoms with Crippen molar-refractivity contribution in [1.29, 1.82) is 0 Å². The van der Waals surface area contributed by atoms with Crippen molar-refractivity contribution in [3.63, 3.8) is 0 Å². The first-order valence-electron chi connectivity index (χ1n) is 11.9. The molecule has 0 amide bonds. The second-order valence-corrected chi connectivity index (χ2v) is 12.7. The summed E-state index contributed by atoms with van der Waals surface area (Å²) in [5.74, 6) is 1.60. The molecule has 3 heterocycles. The minimum Gasteiger partial charge on any atom is -0.368 e. The standard InChI is InChI=1S/C24H46N8/c1-21(2)12-16(13-22(3,4)29-21)30(9)19-26-18(25)27-20(28-19)31(10)17-14-23(5,6)32(11)24(7,8)15-17/h16-17,29H,12-15H2,1-11H3,(H2,25,26,27,28). The predicted octanol–water partition coefficient (Wildman–Crippen LogP) is 3.29. The van der Waals surface area contributed by atoms with Crippen LogP contribution in [-0.2, 0) is 0 Å².